The largest absolute Gasteiger partial charge is 0.0836 e. The molecule has 2 aromatic carbocycles. The quantitative estimate of drug-likeness (QED) is 0.556. The van der Waals surface area contributed by atoms with Crippen LogP contribution in [0.1, 0.15) is 0 Å². The van der Waals surface area contributed by atoms with Crippen molar-refractivity contribution in [3.8, 4) is 0 Å². The van der Waals surface area contributed by atoms with Gasteiger partial charge >= 0.3 is 0 Å². The Hall–Kier alpha value is -1.01. The molecule has 2 rings (SSSR count). The molecule has 2 aromatic rings. The Balaban J connectivity index is 2.91. The van der Waals surface area contributed by atoms with Gasteiger partial charge < -0.3 is 0 Å². The molecule has 0 heterocycles. The lowest BCUT2D eigenvalue weighted by Gasteiger charge is -1.96. The summed E-state index contributed by atoms with van der Waals surface area (Å²) in [5.74, 6) is 0. The SMILES string of the molecule is Clc1c[c]cc2ccccc12. The minimum absolute atomic E-state index is 0.767. The van der Waals surface area contributed by atoms with E-state index in [1.165, 1.54) is 0 Å². The first-order valence-corrected chi connectivity index (χ1v) is 3.80. The summed E-state index contributed by atoms with van der Waals surface area (Å²) in [7, 11) is 0. The molecule has 0 aliphatic heterocycles. The van der Waals surface area contributed by atoms with Crippen LogP contribution in [0.4, 0.5) is 0 Å². The van der Waals surface area contributed by atoms with Crippen molar-refractivity contribution in [2.24, 2.45) is 0 Å². The third-order valence-corrected chi connectivity index (χ3v) is 1.98. The van der Waals surface area contributed by atoms with Crippen molar-refractivity contribution < 1.29 is 0 Å². The topological polar surface area (TPSA) is 0 Å². The highest BCUT2D eigenvalue weighted by atomic mass is 35.5. The molecule has 0 unspecified atom stereocenters. The van der Waals surface area contributed by atoms with Crippen LogP contribution < -0.4 is 0 Å². The fraction of sp³-hybridized carbons (Fsp3) is 0. The van der Waals surface area contributed by atoms with Crippen LogP contribution in [0.25, 0.3) is 10.8 Å². The Kier molecular flexibility index (Phi) is 1.55. The lowest BCUT2D eigenvalue weighted by Crippen LogP contribution is -1.71. The van der Waals surface area contributed by atoms with Crippen LogP contribution >= 0.6 is 11.6 Å². The van der Waals surface area contributed by atoms with Gasteiger partial charge in [-0.15, -0.1) is 0 Å². The van der Waals surface area contributed by atoms with Gasteiger partial charge in [0.2, 0.25) is 0 Å². The predicted molar refractivity (Wildman–Crippen MR) is 47.8 cm³/mol. The van der Waals surface area contributed by atoms with Crippen molar-refractivity contribution in [2.75, 3.05) is 0 Å². The molecule has 0 bridgehead atoms. The van der Waals surface area contributed by atoms with E-state index in [1.807, 2.05) is 30.3 Å². The molecule has 0 fully saturated rings. The van der Waals surface area contributed by atoms with E-state index in [0.717, 1.165) is 15.8 Å². The zero-order chi connectivity index (χ0) is 7.68. The summed E-state index contributed by atoms with van der Waals surface area (Å²) in [6.07, 6.45) is 0. The first kappa shape index (κ1) is 6.68. The predicted octanol–water partition coefficient (Wildman–Crippen LogP) is 3.29. The highest BCUT2D eigenvalue weighted by Gasteiger charge is 1.94. The fourth-order valence-electron chi connectivity index (χ4n) is 1.12. The van der Waals surface area contributed by atoms with Crippen LogP contribution in [0.2, 0.25) is 5.02 Å². The minimum Gasteiger partial charge on any atom is -0.0836 e. The number of fused-ring (bicyclic) bond motifs is 1. The van der Waals surface area contributed by atoms with Crippen molar-refractivity contribution >= 4 is 22.4 Å². The van der Waals surface area contributed by atoms with Crippen LogP contribution in [0.5, 0.6) is 0 Å². The Morgan fingerprint density at radius 2 is 1.91 bits per heavy atom. The Labute approximate surface area is 70.4 Å². The molecule has 0 atom stereocenters. The first-order chi connectivity index (χ1) is 5.38. The van der Waals surface area contributed by atoms with E-state index >= 15 is 0 Å². The molecule has 0 aromatic heterocycles. The maximum Gasteiger partial charge on any atom is 0.0490 e. The molecule has 11 heavy (non-hydrogen) atoms. The molecule has 0 nitrogen and oxygen atoms in total. The smallest absolute Gasteiger partial charge is 0.0490 e. The van der Waals surface area contributed by atoms with Crippen LogP contribution in [0, 0.1) is 6.07 Å². The molecule has 0 aliphatic carbocycles. The number of hydrogen-bond acceptors (Lipinski definition) is 0. The average molecular weight is 162 g/mol. The average Bonchev–Trinajstić information content (AvgIpc) is 2.06. The first-order valence-electron chi connectivity index (χ1n) is 3.42. The Morgan fingerprint density at radius 1 is 1.09 bits per heavy atom. The lowest BCUT2D eigenvalue weighted by molar-refractivity contribution is 1.74. The summed E-state index contributed by atoms with van der Waals surface area (Å²) in [6.45, 7) is 0. The third-order valence-electron chi connectivity index (χ3n) is 1.67. The second kappa shape index (κ2) is 2.55. The van der Waals surface area contributed by atoms with Gasteiger partial charge in [0.1, 0.15) is 0 Å². The van der Waals surface area contributed by atoms with Gasteiger partial charge in [-0.1, -0.05) is 35.9 Å². The Bertz CT molecular complexity index is 374. The molecular formula is C10H6Cl. The normalized spacial score (nSPS) is 10.3. The zero-order valence-electron chi connectivity index (χ0n) is 5.84. The van der Waals surface area contributed by atoms with Gasteiger partial charge in [-0.2, -0.15) is 0 Å². The van der Waals surface area contributed by atoms with E-state index < -0.39 is 0 Å². The molecule has 0 saturated heterocycles. The number of halogens is 1. The van der Waals surface area contributed by atoms with Gasteiger partial charge in [-0.05, 0) is 23.6 Å². The monoisotopic (exact) mass is 161 g/mol. The van der Waals surface area contributed by atoms with Gasteiger partial charge in [0.15, 0.2) is 0 Å². The maximum atomic E-state index is 5.93. The lowest BCUT2D eigenvalue weighted by atomic mass is 10.1. The minimum atomic E-state index is 0.767. The van der Waals surface area contributed by atoms with E-state index in [9.17, 15) is 0 Å². The fourth-order valence-corrected chi connectivity index (χ4v) is 1.36. The van der Waals surface area contributed by atoms with Gasteiger partial charge in [0.05, 0.1) is 0 Å². The second-order valence-corrected chi connectivity index (χ2v) is 2.80. The van der Waals surface area contributed by atoms with Crippen LogP contribution in [-0.4, -0.2) is 0 Å². The summed E-state index contributed by atoms with van der Waals surface area (Å²) in [6, 6.07) is 14.7. The molecule has 0 N–H and O–H groups in total. The highest BCUT2D eigenvalue weighted by Crippen LogP contribution is 2.21. The molecule has 0 spiro atoms. The maximum absolute atomic E-state index is 5.93. The number of benzene rings is 2. The van der Waals surface area contributed by atoms with Crippen molar-refractivity contribution in [1.29, 1.82) is 0 Å². The summed E-state index contributed by atoms with van der Waals surface area (Å²) >= 11 is 5.93. The molecular weight excluding hydrogens is 156 g/mol. The number of rotatable bonds is 0. The molecule has 0 saturated carbocycles. The summed E-state index contributed by atoms with van der Waals surface area (Å²) in [5, 5.41) is 3.00. The van der Waals surface area contributed by atoms with Gasteiger partial charge in [-0.3, -0.25) is 0 Å². The van der Waals surface area contributed by atoms with E-state index in [2.05, 4.69) is 6.07 Å². The molecule has 0 amide bonds. The Morgan fingerprint density at radius 3 is 2.73 bits per heavy atom. The van der Waals surface area contributed by atoms with Crippen molar-refractivity contribution in [3.63, 3.8) is 0 Å². The third kappa shape index (κ3) is 1.10. The van der Waals surface area contributed by atoms with Crippen LogP contribution in [-0.2, 0) is 0 Å². The van der Waals surface area contributed by atoms with E-state index in [1.54, 1.807) is 6.07 Å². The molecule has 53 valence electrons. The zero-order valence-corrected chi connectivity index (χ0v) is 6.60. The van der Waals surface area contributed by atoms with Crippen LogP contribution in [0.3, 0.4) is 0 Å². The molecule has 1 heteroatoms. The number of hydrogen-bond donors (Lipinski definition) is 0. The summed E-state index contributed by atoms with van der Waals surface area (Å²) in [5.41, 5.74) is 0. The van der Waals surface area contributed by atoms with Gasteiger partial charge in [0.25, 0.3) is 0 Å². The van der Waals surface area contributed by atoms with E-state index in [0.29, 0.717) is 0 Å². The van der Waals surface area contributed by atoms with E-state index in [4.69, 9.17) is 11.6 Å². The molecule has 0 aliphatic rings. The second-order valence-electron chi connectivity index (χ2n) is 2.39. The van der Waals surface area contributed by atoms with Crippen LogP contribution in [0.15, 0.2) is 36.4 Å². The van der Waals surface area contributed by atoms with Crippen molar-refractivity contribution in [2.45, 2.75) is 0 Å². The summed E-state index contributed by atoms with van der Waals surface area (Å²) < 4.78 is 0. The van der Waals surface area contributed by atoms with Gasteiger partial charge in [-0.25, -0.2) is 0 Å². The molecule has 1 radical (unpaired) electrons. The van der Waals surface area contributed by atoms with Gasteiger partial charge in [0, 0.05) is 10.4 Å². The standard InChI is InChI=1S/C10H6Cl/c11-10-7-3-5-8-4-1-2-6-9(8)10/h1-2,4-7H. The van der Waals surface area contributed by atoms with Crippen molar-refractivity contribution in [3.05, 3.63) is 47.5 Å². The summed E-state index contributed by atoms with van der Waals surface area (Å²) in [4.78, 5) is 0. The van der Waals surface area contributed by atoms with E-state index in [-0.39, 0.29) is 0 Å². The highest BCUT2D eigenvalue weighted by molar-refractivity contribution is 6.35. The van der Waals surface area contributed by atoms with Crippen molar-refractivity contribution in [1.82, 2.24) is 0 Å².